The fourth-order valence-corrected chi connectivity index (χ4v) is 1.96. The topological polar surface area (TPSA) is 46.2 Å². The normalized spacial score (nSPS) is 11.8. The molecule has 0 saturated heterocycles. The fraction of sp³-hybridized carbons (Fsp3) is 1.00. The third kappa shape index (κ3) is 12.6. The van der Waals surface area contributed by atoms with Gasteiger partial charge < -0.3 is 5.32 Å². The largest absolute Gasteiger partial charge is 0.316 e. The molecule has 0 spiro atoms. The van der Waals surface area contributed by atoms with Crippen LogP contribution < -0.4 is 5.32 Å². The Labute approximate surface area is 94.7 Å². The standard InChI is InChI=1S/C8H18INO2S/c1-13(11,12)8-7-10-6-4-2-3-5-9/h10H,2-8H2,1H3. The van der Waals surface area contributed by atoms with Gasteiger partial charge in [0.15, 0.2) is 0 Å². The van der Waals surface area contributed by atoms with Crippen molar-refractivity contribution < 1.29 is 8.42 Å². The van der Waals surface area contributed by atoms with Gasteiger partial charge in [-0.3, -0.25) is 0 Å². The Balaban J connectivity index is 3.09. The summed E-state index contributed by atoms with van der Waals surface area (Å²) in [5.41, 5.74) is 0. The average molecular weight is 319 g/mol. The lowest BCUT2D eigenvalue weighted by atomic mass is 10.2. The maximum Gasteiger partial charge on any atom is 0.148 e. The third-order valence-corrected chi connectivity index (χ3v) is 3.35. The molecule has 0 rings (SSSR count). The molecule has 5 heteroatoms. The zero-order chi connectivity index (χ0) is 10.2. The second-order valence-corrected chi connectivity index (χ2v) is 6.47. The Morgan fingerprint density at radius 1 is 1.15 bits per heavy atom. The van der Waals surface area contributed by atoms with E-state index < -0.39 is 9.84 Å². The monoisotopic (exact) mass is 319 g/mol. The Hall–Kier alpha value is 0.640. The van der Waals surface area contributed by atoms with Gasteiger partial charge in [0.05, 0.1) is 5.75 Å². The molecular formula is C8H18INO2S. The van der Waals surface area contributed by atoms with E-state index in [4.69, 9.17) is 0 Å². The van der Waals surface area contributed by atoms with E-state index in [-0.39, 0.29) is 5.75 Å². The van der Waals surface area contributed by atoms with Gasteiger partial charge in [0.25, 0.3) is 0 Å². The van der Waals surface area contributed by atoms with E-state index in [0.717, 1.165) is 13.0 Å². The van der Waals surface area contributed by atoms with Gasteiger partial charge in [-0.25, -0.2) is 8.42 Å². The number of unbranched alkanes of at least 4 members (excludes halogenated alkanes) is 2. The molecule has 13 heavy (non-hydrogen) atoms. The fourth-order valence-electron chi connectivity index (χ4n) is 0.904. The van der Waals surface area contributed by atoms with Crippen LogP contribution in [0.4, 0.5) is 0 Å². The zero-order valence-electron chi connectivity index (χ0n) is 8.05. The molecule has 0 radical (unpaired) electrons. The molecule has 0 aliphatic heterocycles. The van der Waals surface area contributed by atoms with Crippen LogP contribution in [0.5, 0.6) is 0 Å². The van der Waals surface area contributed by atoms with Gasteiger partial charge in [-0.05, 0) is 23.8 Å². The van der Waals surface area contributed by atoms with E-state index in [2.05, 4.69) is 27.9 Å². The summed E-state index contributed by atoms with van der Waals surface area (Å²) in [6.45, 7) is 1.52. The van der Waals surface area contributed by atoms with Crippen LogP contribution in [-0.4, -0.2) is 37.9 Å². The molecule has 0 aromatic carbocycles. The maximum absolute atomic E-state index is 10.7. The second kappa shape index (κ2) is 7.99. The number of rotatable bonds is 8. The Bertz CT molecular complexity index is 204. The van der Waals surface area contributed by atoms with E-state index in [1.165, 1.54) is 23.5 Å². The molecule has 0 heterocycles. The van der Waals surface area contributed by atoms with Gasteiger partial charge in [-0.15, -0.1) is 0 Å². The van der Waals surface area contributed by atoms with Crippen molar-refractivity contribution >= 4 is 32.4 Å². The first-order valence-electron chi connectivity index (χ1n) is 4.50. The number of alkyl halides is 1. The molecular weight excluding hydrogens is 301 g/mol. The Kier molecular flexibility index (Phi) is 8.38. The predicted octanol–water partition coefficient (Wildman–Crippen LogP) is 1.23. The molecule has 0 aliphatic carbocycles. The first-order chi connectivity index (χ1) is 6.06. The quantitative estimate of drug-likeness (QED) is 0.416. The Morgan fingerprint density at radius 3 is 2.38 bits per heavy atom. The van der Waals surface area contributed by atoms with Crippen LogP contribution in [0.15, 0.2) is 0 Å². The highest BCUT2D eigenvalue weighted by Gasteiger charge is 1.99. The number of sulfone groups is 1. The lowest BCUT2D eigenvalue weighted by molar-refractivity contribution is 0.592. The summed E-state index contributed by atoms with van der Waals surface area (Å²) in [5, 5.41) is 3.12. The van der Waals surface area contributed by atoms with Gasteiger partial charge in [0.1, 0.15) is 9.84 Å². The van der Waals surface area contributed by atoms with Crippen LogP contribution in [0, 0.1) is 0 Å². The van der Waals surface area contributed by atoms with Crippen LogP contribution in [0.25, 0.3) is 0 Å². The van der Waals surface area contributed by atoms with Crippen LogP contribution in [0.2, 0.25) is 0 Å². The highest BCUT2D eigenvalue weighted by molar-refractivity contribution is 14.1. The van der Waals surface area contributed by atoms with Crippen LogP contribution in [0.1, 0.15) is 19.3 Å². The van der Waals surface area contributed by atoms with E-state index in [1.54, 1.807) is 0 Å². The molecule has 0 atom stereocenters. The average Bonchev–Trinajstić information content (AvgIpc) is 2.01. The minimum atomic E-state index is -2.79. The predicted molar refractivity (Wildman–Crippen MR) is 65.3 cm³/mol. The van der Waals surface area contributed by atoms with Crippen molar-refractivity contribution in [2.24, 2.45) is 0 Å². The molecule has 0 aromatic rings. The summed E-state index contributed by atoms with van der Waals surface area (Å²) in [7, 11) is -2.79. The van der Waals surface area contributed by atoms with Crippen molar-refractivity contribution in [3.05, 3.63) is 0 Å². The SMILES string of the molecule is CS(=O)(=O)CCNCCCCCI. The number of hydrogen-bond donors (Lipinski definition) is 1. The lowest BCUT2D eigenvalue weighted by Crippen LogP contribution is -2.23. The molecule has 1 N–H and O–H groups in total. The summed E-state index contributed by atoms with van der Waals surface area (Å²) in [5.74, 6) is 0.249. The summed E-state index contributed by atoms with van der Waals surface area (Å²) in [6.07, 6.45) is 4.90. The molecule has 80 valence electrons. The number of hydrogen-bond acceptors (Lipinski definition) is 3. The van der Waals surface area contributed by atoms with Crippen LogP contribution >= 0.6 is 22.6 Å². The number of nitrogens with one attached hydrogen (secondary N) is 1. The third-order valence-electron chi connectivity index (χ3n) is 1.64. The van der Waals surface area contributed by atoms with Gasteiger partial charge >= 0.3 is 0 Å². The first-order valence-corrected chi connectivity index (χ1v) is 8.09. The van der Waals surface area contributed by atoms with E-state index in [9.17, 15) is 8.42 Å². The first kappa shape index (κ1) is 13.6. The molecule has 0 saturated carbocycles. The zero-order valence-corrected chi connectivity index (χ0v) is 11.0. The molecule has 0 unspecified atom stereocenters. The van der Waals surface area contributed by atoms with Crippen molar-refractivity contribution in [1.29, 1.82) is 0 Å². The molecule has 0 amide bonds. The summed E-state index contributed by atoms with van der Waals surface area (Å²) >= 11 is 2.37. The summed E-state index contributed by atoms with van der Waals surface area (Å²) in [6, 6.07) is 0. The van der Waals surface area contributed by atoms with Crippen LogP contribution in [0.3, 0.4) is 0 Å². The van der Waals surface area contributed by atoms with Crippen molar-refractivity contribution in [3.63, 3.8) is 0 Å². The van der Waals surface area contributed by atoms with Crippen molar-refractivity contribution in [1.82, 2.24) is 5.32 Å². The molecule has 0 fully saturated rings. The highest BCUT2D eigenvalue weighted by Crippen LogP contribution is 1.97. The van der Waals surface area contributed by atoms with E-state index in [0.29, 0.717) is 6.54 Å². The number of halogens is 1. The highest BCUT2D eigenvalue weighted by atomic mass is 127. The maximum atomic E-state index is 10.7. The second-order valence-electron chi connectivity index (χ2n) is 3.13. The van der Waals surface area contributed by atoms with Gasteiger partial charge in [-0.1, -0.05) is 29.0 Å². The summed E-state index contributed by atoms with van der Waals surface area (Å²) in [4.78, 5) is 0. The van der Waals surface area contributed by atoms with Gasteiger partial charge in [0.2, 0.25) is 0 Å². The lowest BCUT2D eigenvalue weighted by Gasteiger charge is -2.02. The van der Waals surface area contributed by atoms with E-state index in [1.807, 2.05) is 0 Å². The van der Waals surface area contributed by atoms with E-state index >= 15 is 0 Å². The molecule has 3 nitrogen and oxygen atoms in total. The smallest absolute Gasteiger partial charge is 0.148 e. The molecule has 0 aliphatic rings. The van der Waals surface area contributed by atoms with Gasteiger partial charge in [0, 0.05) is 12.8 Å². The van der Waals surface area contributed by atoms with Crippen molar-refractivity contribution in [2.75, 3.05) is 29.5 Å². The summed E-state index contributed by atoms with van der Waals surface area (Å²) < 4.78 is 22.7. The van der Waals surface area contributed by atoms with Crippen molar-refractivity contribution in [2.45, 2.75) is 19.3 Å². The molecule has 0 aromatic heterocycles. The Morgan fingerprint density at radius 2 is 1.85 bits per heavy atom. The van der Waals surface area contributed by atoms with Crippen molar-refractivity contribution in [3.8, 4) is 0 Å². The minimum absolute atomic E-state index is 0.249. The van der Waals surface area contributed by atoms with Crippen LogP contribution in [-0.2, 0) is 9.84 Å². The van der Waals surface area contributed by atoms with Gasteiger partial charge in [-0.2, -0.15) is 0 Å². The minimum Gasteiger partial charge on any atom is -0.316 e. The molecule has 0 bridgehead atoms.